The number of aromatic amines is 1. The van der Waals surface area contributed by atoms with E-state index in [-0.39, 0.29) is 11.2 Å². The number of hydrogen-bond donors (Lipinski definition) is 1. The summed E-state index contributed by atoms with van der Waals surface area (Å²) in [6.45, 7) is 4.59. The first-order valence-corrected chi connectivity index (χ1v) is 5.80. The SMILES string of the molecule is CC(C)c1nc(S[C@@H]2CCOC2=O)n[nH]1. The summed E-state index contributed by atoms with van der Waals surface area (Å²) in [5.41, 5.74) is 0. The summed E-state index contributed by atoms with van der Waals surface area (Å²) in [4.78, 5) is 15.5. The Morgan fingerprint density at radius 2 is 2.40 bits per heavy atom. The van der Waals surface area contributed by atoms with E-state index in [1.807, 2.05) is 13.8 Å². The minimum Gasteiger partial charge on any atom is -0.465 e. The molecule has 0 amide bonds. The monoisotopic (exact) mass is 227 g/mol. The van der Waals surface area contributed by atoms with E-state index in [0.29, 0.717) is 17.7 Å². The summed E-state index contributed by atoms with van der Waals surface area (Å²) in [5.74, 6) is 1.02. The molecular formula is C9H13N3O2S. The highest BCUT2D eigenvalue weighted by molar-refractivity contribution is 8.00. The Hall–Kier alpha value is -1.04. The number of hydrogen-bond acceptors (Lipinski definition) is 5. The Morgan fingerprint density at radius 3 is 2.93 bits per heavy atom. The van der Waals surface area contributed by atoms with Crippen LogP contribution in [-0.4, -0.2) is 33.0 Å². The number of H-pyrrole nitrogens is 1. The van der Waals surface area contributed by atoms with Crippen LogP contribution in [0.15, 0.2) is 5.16 Å². The van der Waals surface area contributed by atoms with Crippen LogP contribution in [0, 0.1) is 0 Å². The van der Waals surface area contributed by atoms with E-state index in [0.717, 1.165) is 12.2 Å². The van der Waals surface area contributed by atoms with Crippen LogP contribution in [0.5, 0.6) is 0 Å². The lowest BCUT2D eigenvalue weighted by Gasteiger charge is -1.99. The van der Waals surface area contributed by atoms with Gasteiger partial charge in [0.2, 0.25) is 5.16 Å². The van der Waals surface area contributed by atoms with Gasteiger partial charge in [-0.2, -0.15) is 0 Å². The minimum atomic E-state index is -0.157. The molecule has 1 saturated heterocycles. The highest BCUT2D eigenvalue weighted by Crippen LogP contribution is 2.27. The predicted molar refractivity (Wildman–Crippen MR) is 55.7 cm³/mol. The van der Waals surface area contributed by atoms with Gasteiger partial charge in [-0.25, -0.2) is 4.98 Å². The van der Waals surface area contributed by atoms with Gasteiger partial charge < -0.3 is 4.74 Å². The standard InChI is InChI=1S/C9H13N3O2S/c1-5(2)7-10-9(12-11-7)15-6-3-4-14-8(6)13/h5-6H,3-4H2,1-2H3,(H,10,11,12)/t6-/m1/s1. The molecule has 0 aliphatic carbocycles. The summed E-state index contributed by atoms with van der Waals surface area (Å²) < 4.78 is 4.87. The van der Waals surface area contributed by atoms with Gasteiger partial charge in [-0.05, 0) is 0 Å². The van der Waals surface area contributed by atoms with Crippen LogP contribution in [-0.2, 0) is 9.53 Å². The van der Waals surface area contributed by atoms with Crippen LogP contribution in [0.3, 0.4) is 0 Å². The highest BCUT2D eigenvalue weighted by atomic mass is 32.2. The third-order valence-corrected chi connectivity index (χ3v) is 3.27. The van der Waals surface area contributed by atoms with Crippen LogP contribution >= 0.6 is 11.8 Å². The number of thioether (sulfide) groups is 1. The fourth-order valence-electron chi connectivity index (χ4n) is 1.28. The van der Waals surface area contributed by atoms with Crippen molar-refractivity contribution in [2.24, 2.45) is 0 Å². The lowest BCUT2D eigenvalue weighted by molar-refractivity contribution is -0.137. The molecule has 0 spiro atoms. The van der Waals surface area contributed by atoms with Crippen LogP contribution < -0.4 is 0 Å². The Balaban J connectivity index is 2.01. The maximum atomic E-state index is 11.2. The molecule has 1 aromatic heterocycles. The van der Waals surface area contributed by atoms with Gasteiger partial charge in [0.05, 0.1) is 6.61 Å². The van der Waals surface area contributed by atoms with Crippen LogP contribution in [0.4, 0.5) is 0 Å². The Labute approximate surface area is 92.0 Å². The number of esters is 1. The molecule has 6 heteroatoms. The number of rotatable bonds is 3. The molecule has 0 aromatic carbocycles. The summed E-state index contributed by atoms with van der Waals surface area (Å²) >= 11 is 1.37. The summed E-state index contributed by atoms with van der Waals surface area (Å²) in [6.07, 6.45) is 0.745. The molecule has 0 bridgehead atoms. The third-order valence-electron chi connectivity index (χ3n) is 2.16. The summed E-state index contributed by atoms with van der Waals surface area (Å²) in [6, 6.07) is 0. The van der Waals surface area contributed by atoms with Gasteiger partial charge in [0.1, 0.15) is 11.1 Å². The van der Waals surface area contributed by atoms with E-state index in [2.05, 4.69) is 15.2 Å². The van der Waals surface area contributed by atoms with Gasteiger partial charge in [-0.1, -0.05) is 25.6 Å². The first-order chi connectivity index (χ1) is 7.16. The molecular weight excluding hydrogens is 214 g/mol. The zero-order valence-corrected chi connectivity index (χ0v) is 9.50. The number of aromatic nitrogens is 3. The van der Waals surface area contributed by atoms with E-state index in [1.54, 1.807) is 0 Å². The predicted octanol–water partition coefficient (Wildman–Crippen LogP) is 1.34. The minimum absolute atomic E-state index is 0.138. The number of nitrogens with one attached hydrogen (secondary N) is 1. The van der Waals surface area contributed by atoms with E-state index in [1.165, 1.54) is 11.8 Å². The van der Waals surface area contributed by atoms with Gasteiger partial charge in [-0.15, -0.1) is 5.10 Å². The van der Waals surface area contributed by atoms with Gasteiger partial charge in [-0.3, -0.25) is 9.89 Å². The molecule has 82 valence electrons. The lowest BCUT2D eigenvalue weighted by atomic mass is 10.2. The van der Waals surface area contributed by atoms with Gasteiger partial charge in [0.25, 0.3) is 0 Å². The quantitative estimate of drug-likeness (QED) is 0.789. The van der Waals surface area contributed by atoms with Crippen molar-refractivity contribution in [1.29, 1.82) is 0 Å². The summed E-state index contributed by atoms with van der Waals surface area (Å²) in [7, 11) is 0. The topological polar surface area (TPSA) is 67.9 Å². The van der Waals surface area contributed by atoms with Crippen molar-refractivity contribution in [2.75, 3.05) is 6.61 Å². The average molecular weight is 227 g/mol. The Kier molecular flexibility index (Phi) is 2.95. The number of ether oxygens (including phenoxy) is 1. The normalized spacial score (nSPS) is 21.0. The average Bonchev–Trinajstić information content (AvgIpc) is 2.77. The second kappa shape index (κ2) is 4.22. The summed E-state index contributed by atoms with van der Waals surface area (Å²) in [5, 5.41) is 7.40. The molecule has 1 fully saturated rings. The highest BCUT2D eigenvalue weighted by Gasteiger charge is 2.28. The van der Waals surface area contributed by atoms with Gasteiger partial charge >= 0.3 is 5.97 Å². The molecule has 15 heavy (non-hydrogen) atoms. The molecule has 0 unspecified atom stereocenters. The van der Waals surface area contributed by atoms with Crippen molar-refractivity contribution in [1.82, 2.24) is 15.2 Å². The largest absolute Gasteiger partial charge is 0.465 e. The molecule has 2 rings (SSSR count). The second-order valence-corrected chi connectivity index (χ2v) is 4.89. The first-order valence-electron chi connectivity index (χ1n) is 4.92. The number of cyclic esters (lactones) is 1. The number of carbonyl (C=O) groups excluding carboxylic acids is 1. The van der Waals surface area contributed by atoms with E-state index < -0.39 is 0 Å². The third kappa shape index (κ3) is 2.31. The molecule has 1 N–H and O–H groups in total. The zero-order valence-electron chi connectivity index (χ0n) is 8.69. The van der Waals surface area contributed by atoms with Crippen LogP contribution in [0.1, 0.15) is 32.0 Å². The van der Waals surface area contributed by atoms with E-state index >= 15 is 0 Å². The van der Waals surface area contributed by atoms with Crippen molar-refractivity contribution in [3.05, 3.63) is 5.82 Å². The molecule has 1 aliphatic rings. The maximum absolute atomic E-state index is 11.2. The van der Waals surface area contributed by atoms with E-state index in [4.69, 9.17) is 4.74 Å². The van der Waals surface area contributed by atoms with Crippen molar-refractivity contribution in [3.8, 4) is 0 Å². The smallest absolute Gasteiger partial charge is 0.319 e. The van der Waals surface area contributed by atoms with Crippen molar-refractivity contribution in [3.63, 3.8) is 0 Å². The molecule has 1 aromatic rings. The van der Waals surface area contributed by atoms with Crippen molar-refractivity contribution < 1.29 is 9.53 Å². The van der Waals surface area contributed by atoms with Crippen molar-refractivity contribution in [2.45, 2.75) is 36.6 Å². The van der Waals surface area contributed by atoms with Gasteiger partial charge in [0.15, 0.2) is 0 Å². The zero-order chi connectivity index (χ0) is 10.8. The fourth-order valence-corrected chi connectivity index (χ4v) is 2.16. The first kappa shape index (κ1) is 10.5. The van der Waals surface area contributed by atoms with Crippen molar-refractivity contribution >= 4 is 17.7 Å². The molecule has 0 saturated carbocycles. The molecule has 1 aliphatic heterocycles. The molecule has 0 radical (unpaired) electrons. The molecule has 5 nitrogen and oxygen atoms in total. The Morgan fingerprint density at radius 1 is 1.60 bits per heavy atom. The lowest BCUT2D eigenvalue weighted by Crippen LogP contribution is -2.09. The van der Waals surface area contributed by atoms with Crippen LogP contribution in [0.2, 0.25) is 0 Å². The second-order valence-electron chi connectivity index (χ2n) is 3.72. The van der Waals surface area contributed by atoms with E-state index in [9.17, 15) is 4.79 Å². The van der Waals surface area contributed by atoms with Crippen LogP contribution in [0.25, 0.3) is 0 Å². The fraction of sp³-hybridized carbons (Fsp3) is 0.667. The Bertz CT molecular complexity index is 364. The van der Waals surface area contributed by atoms with Gasteiger partial charge in [0, 0.05) is 12.3 Å². The molecule has 2 heterocycles. The maximum Gasteiger partial charge on any atom is 0.319 e. The molecule has 1 atom stereocenters. The number of carbonyl (C=O) groups is 1. The number of nitrogens with zero attached hydrogens (tertiary/aromatic N) is 2.